The zero-order valence-electron chi connectivity index (χ0n) is 18.6. The Morgan fingerprint density at radius 2 is 1.88 bits per heavy atom. The normalized spacial score (nSPS) is 14.6. The van der Waals surface area contributed by atoms with Gasteiger partial charge in [-0.05, 0) is 42.8 Å². The fourth-order valence-electron chi connectivity index (χ4n) is 3.75. The van der Waals surface area contributed by atoms with Gasteiger partial charge in [-0.15, -0.1) is 0 Å². The van der Waals surface area contributed by atoms with E-state index in [9.17, 15) is 10.1 Å². The molecular formula is C27H23ClN2O4. The lowest BCUT2D eigenvalue weighted by Crippen LogP contribution is -2.21. The fraction of sp³-hybridized carbons (Fsp3) is 0.185. The van der Waals surface area contributed by atoms with Crippen molar-refractivity contribution in [1.82, 2.24) is 0 Å². The Labute approximate surface area is 203 Å². The van der Waals surface area contributed by atoms with E-state index in [0.29, 0.717) is 34.3 Å². The lowest BCUT2D eigenvalue weighted by Gasteiger charge is -2.28. The monoisotopic (exact) mass is 474 g/mol. The summed E-state index contributed by atoms with van der Waals surface area (Å²) >= 11 is 5.89. The third kappa shape index (κ3) is 4.85. The minimum atomic E-state index is -0.528. The Kier molecular flexibility index (Phi) is 7.05. The molecule has 0 aliphatic carbocycles. The standard InChI is InChI=1S/C27H23ClN2O4/c1-2-3-14-32-23-7-5-4-6-20(23)25-21-13-12-19(15-24(21)34-26(30)22(25)16-29)33-27(31)17-8-10-18(28)11-9-17/h4-13,15,25H,2-3,14,30H2,1H3. The topological polar surface area (TPSA) is 94.6 Å². The first-order valence-corrected chi connectivity index (χ1v) is 11.3. The second-order valence-electron chi connectivity index (χ2n) is 7.76. The molecule has 1 heterocycles. The maximum atomic E-state index is 12.5. The van der Waals surface area contributed by atoms with Crippen molar-refractivity contribution in [2.24, 2.45) is 5.73 Å². The first-order chi connectivity index (χ1) is 16.5. The maximum absolute atomic E-state index is 12.5. The quantitative estimate of drug-likeness (QED) is 0.258. The zero-order chi connectivity index (χ0) is 24.1. The second kappa shape index (κ2) is 10.3. The smallest absolute Gasteiger partial charge is 0.343 e. The van der Waals surface area contributed by atoms with E-state index in [4.69, 9.17) is 31.5 Å². The lowest BCUT2D eigenvalue weighted by atomic mass is 9.83. The Hall–Kier alpha value is -3.95. The highest BCUT2D eigenvalue weighted by Crippen LogP contribution is 2.45. The second-order valence-corrected chi connectivity index (χ2v) is 8.20. The predicted octanol–water partition coefficient (Wildman–Crippen LogP) is 5.96. The SMILES string of the molecule is CCCCOc1ccccc1C1C(C#N)=C(N)Oc2cc(OC(=O)c3ccc(Cl)cc3)ccc21. The highest BCUT2D eigenvalue weighted by molar-refractivity contribution is 6.30. The van der Waals surface area contributed by atoms with Crippen LogP contribution in [-0.4, -0.2) is 12.6 Å². The van der Waals surface area contributed by atoms with Crippen molar-refractivity contribution in [3.63, 3.8) is 0 Å². The van der Waals surface area contributed by atoms with Gasteiger partial charge in [0.05, 0.1) is 18.1 Å². The van der Waals surface area contributed by atoms with Gasteiger partial charge in [0.2, 0.25) is 5.88 Å². The van der Waals surface area contributed by atoms with Gasteiger partial charge in [0.1, 0.15) is 28.9 Å². The van der Waals surface area contributed by atoms with Gasteiger partial charge >= 0.3 is 5.97 Å². The Morgan fingerprint density at radius 3 is 2.62 bits per heavy atom. The van der Waals surface area contributed by atoms with Gasteiger partial charge in [0, 0.05) is 22.2 Å². The van der Waals surface area contributed by atoms with Crippen LogP contribution in [0, 0.1) is 11.3 Å². The first-order valence-electron chi connectivity index (χ1n) is 10.9. The first kappa shape index (κ1) is 23.2. The molecule has 0 fully saturated rings. The molecule has 1 unspecified atom stereocenters. The third-order valence-electron chi connectivity index (χ3n) is 5.47. The van der Waals surface area contributed by atoms with E-state index in [1.54, 1.807) is 42.5 Å². The van der Waals surface area contributed by atoms with E-state index in [1.807, 2.05) is 24.3 Å². The average molecular weight is 475 g/mol. The van der Waals surface area contributed by atoms with Crippen LogP contribution >= 0.6 is 11.6 Å². The number of carbonyl (C=O) groups is 1. The molecule has 1 aliphatic heterocycles. The summed E-state index contributed by atoms with van der Waals surface area (Å²) in [6.07, 6.45) is 1.93. The van der Waals surface area contributed by atoms with E-state index in [2.05, 4.69) is 13.0 Å². The van der Waals surface area contributed by atoms with Crippen molar-refractivity contribution in [1.29, 1.82) is 5.26 Å². The molecule has 4 rings (SSSR count). The number of unbranched alkanes of at least 4 members (excludes halogenated alkanes) is 1. The lowest BCUT2D eigenvalue weighted by molar-refractivity contribution is 0.0734. The van der Waals surface area contributed by atoms with Crippen molar-refractivity contribution in [3.8, 4) is 23.3 Å². The molecule has 172 valence electrons. The summed E-state index contributed by atoms with van der Waals surface area (Å²) < 4.78 is 17.3. The van der Waals surface area contributed by atoms with Crippen molar-refractivity contribution < 1.29 is 19.0 Å². The molecule has 0 saturated heterocycles. The number of para-hydroxylation sites is 1. The number of nitrogens with two attached hydrogens (primary N) is 1. The number of rotatable bonds is 7. The van der Waals surface area contributed by atoms with E-state index in [1.165, 1.54) is 0 Å². The van der Waals surface area contributed by atoms with Crippen LogP contribution in [0.2, 0.25) is 5.02 Å². The summed E-state index contributed by atoms with van der Waals surface area (Å²) in [4.78, 5) is 12.5. The largest absolute Gasteiger partial charge is 0.493 e. The van der Waals surface area contributed by atoms with Crippen molar-refractivity contribution in [2.75, 3.05) is 6.61 Å². The summed E-state index contributed by atoms with van der Waals surface area (Å²) in [5, 5.41) is 10.4. The van der Waals surface area contributed by atoms with Crippen LogP contribution in [0.5, 0.6) is 17.2 Å². The van der Waals surface area contributed by atoms with E-state index < -0.39 is 11.9 Å². The van der Waals surface area contributed by atoms with Crippen LogP contribution in [0.4, 0.5) is 0 Å². The Bertz CT molecular complexity index is 1280. The zero-order valence-corrected chi connectivity index (χ0v) is 19.3. The van der Waals surface area contributed by atoms with Gasteiger partial charge in [0.25, 0.3) is 0 Å². The van der Waals surface area contributed by atoms with Crippen LogP contribution in [0.3, 0.4) is 0 Å². The molecule has 1 aliphatic rings. The molecule has 1 atom stereocenters. The van der Waals surface area contributed by atoms with Gasteiger partial charge in [-0.25, -0.2) is 4.79 Å². The minimum absolute atomic E-state index is 0.00420. The van der Waals surface area contributed by atoms with Crippen LogP contribution < -0.4 is 19.9 Å². The van der Waals surface area contributed by atoms with Crippen LogP contribution in [0.1, 0.15) is 47.2 Å². The molecule has 3 aromatic rings. The van der Waals surface area contributed by atoms with Crippen molar-refractivity contribution in [3.05, 3.63) is 99.9 Å². The molecule has 0 saturated carbocycles. The highest BCUT2D eigenvalue weighted by Gasteiger charge is 2.33. The number of ether oxygens (including phenoxy) is 3. The van der Waals surface area contributed by atoms with E-state index in [-0.39, 0.29) is 11.6 Å². The number of hydrogen-bond acceptors (Lipinski definition) is 6. The average Bonchev–Trinajstić information content (AvgIpc) is 2.84. The molecule has 3 aromatic carbocycles. The number of hydrogen-bond donors (Lipinski definition) is 1. The Morgan fingerprint density at radius 1 is 1.12 bits per heavy atom. The maximum Gasteiger partial charge on any atom is 0.343 e. The predicted molar refractivity (Wildman–Crippen MR) is 129 cm³/mol. The third-order valence-corrected chi connectivity index (χ3v) is 5.72. The van der Waals surface area contributed by atoms with Crippen molar-refractivity contribution >= 4 is 17.6 Å². The fourth-order valence-corrected chi connectivity index (χ4v) is 3.87. The van der Waals surface area contributed by atoms with Gasteiger partial charge in [0.15, 0.2) is 0 Å². The van der Waals surface area contributed by atoms with Crippen LogP contribution in [0.15, 0.2) is 78.2 Å². The number of carbonyl (C=O) groups excluding carboxylic acids is 1. The van der Waals surface area contributed by atoms with Gasteiger partial charge in [-0.2, -0.15) is 5.26 Å². The van der Waals surface area contributed by atoms with Crippen LogP contribution in [0.25, 0.3) is 0 Å². The summed E-state index contributed by atoms with van der Waals surface area (Å²) in [6, 6.07) is 21.2. The molecule has 2 N–H and O–H groups in total. The molecule has 0 radical (unpaired) electrons. The van der Waals surface area contributed by atoms with Gasteiger partial charge in [-0.1, -0.05) is 49.2 Å². The number of fused-ring (bicyclic) bond motifs is 1. The molecule has 34 heavy (non-hydrogen) atoms. The molecule has 0 spiro atoms. The van der Waals surface area contributed by atoms with E-state index >= 15 is 0 Å². The summed E-state index contributed by atoms with van der Waals surface area (Å²) in [5.41, 5.74) is 8.34. The molecular weight excluding hydrogens is 452 g/mol. The Balaban J connectivity index is 1.68. The summed E-state index contributed by atoms with van der Waals surface area (Å²) in [5.74, 6) is 0.383. The summed E-state index contributed by atoms with van der Waals surface area (Å²) in [6.45, 7) is 2.67. The number of nitrogens with zero attached hydrogens (tertiary/aromatic N) is 1. The molecule has 7 heteroatoms. The van der Waals surface area contributed by atoms with Crippen molar-refractivity contribution in [2.45, 2.75) is 25.7 Å². The van der Waals surface area contributed by atoms with E-state index in [0.717, 1.165) is 24.0 Å². The van der Waals surface area contributed by atoms with Crippen LogP contribution in [-0.2, 0) is 0 Å². The number of benzene rings is 3. The number of halogens is 1. The number of nitriles is 1. The highest BCUT2D eigenvalue weighted by atomic mass is 35.5. The van der Waals surface area contributed by atoms with Gasteiger partial charge in [-0.3, -0.25) is 0 Å². The summed E-state index contributed by atoms with van der Waals surface area (Å²) in [7, 11) is 0. The molecule has 0 amide bonds. The number of esters is 1. The van der Waals surface area contributed by atoms with Gasteiger partial charge < -0.3 is 19.9 Å². The number of allylic oxidation sites excluding steroid dienone is 1. The molecule has 0 aromatic heterocycles. The molecule has 6 nitrogen and oxygen atoms in total. The molecule has 0 bridgehead atoms. The minimum Gasteiger partial charge on any atom is -0.493 e.